The molecule has 2 aromatic rings. The van der Waals surface area contributed by atoms with Gasteiger partial charge in [-0.1, -0.05) is 125 Å². The first-order valence-electron chi connectivity index (χ1n) is 26.3. The molecule has 6 bridgehead atoms. The number of unbranched alkanes of at least 4 members (excludes halogenated alkanes) is 4. The van der Waals surface area contributed by atoms with E-state index in [4.69, 9.17) is 52.1 Å². The molecular weight excluding hydrogens is 933 g/mol. The van der Waals surface area contributed by atoms with Gasteiger partial charge < -0.3 is 52.1 Å². The van der Waals surface area contributed by atoms with Crippen molar-refractivity contribution < 1.29 is 66.5 Å². The predicted molar refractivity (Wildman–Crippen MR) is 276 cm³/mol. The van der Waals surface area contributed by atoms with Crippen LogP contribution in [0.3, 0.4) is 0 Å². The van der Waals surface area contributed by atoms with Crippen LogP contribution in [0, 0.1) is 5.41 Å². The van der Waals surface area contributed by atoms with Crippen LogP contribution < -0.4 is 4.74 Å². The molecule has 0 aromatic heterocycles. The van der Waals surface area contributed by atoms with Crippen molar-refractivity contribution in [3.63, 3.8) is 0 Å². The second kappa shape index (κ2) is 28.3. The first kappa shape index (κ1) is 57.6. The Morgan fingerprint density at radius 1 is 0.795 bits per heavy atom. The number of ether oxygens (including phenoxy) is 11. The van der Waals surface area contributed by atoms with Crippen LogP contribution in [-0.2, 0) is 75.0 Å². The number of cyclic esters (lactones) is 1. The highest BCUT2D eigenvalue weighted by Gasteiger charge is 2.59. The minimum atomic E-state index is -1.72. The number of carbonyl (C=O) groups excluding carboxylic acids is 3. The lowest BCUT2D eigenvalue weighted by molar-refractivity contribution is -0.338. The number of fused-ring (bicyclic) bond motifs is 6. The number of hydrogen-bond acceptors (Lipinski definition) is 14. The highest BCUT2D eigenvalue weighted by molar-refractivity contribution is 5.83. The Hall–Kier alpha value is -4.67. The van der Waals surface area contributed by atoms with Crippen molar-refractivity contribution in [2.45, 2.75) is 198 Å². The summed E-state index contributed by atoms with van der Waals surface area (Å²) in [6, 6.07) is 17.4. The average molecular weight is 1020 g/mol. The van der Waals surface area contributed by atoms with Crippen molar-refractivity contribution in [3.8, 4) is 5.75 Å². The summed E-state index contributed by atoms with van der Waals surface area (Å²) in [5, 5.41) is 0. The molecule has 3 fully saturated rings. The van der Waals surface area contributed by atoms with Crippen LogP contribution in [0.1, 0.15) is 135 Å². The molecule has 0 aliphatic carbocycles. The monoisotopic (exact) mass is 1010 g/mol. The molecule has 0 saturated carbocycles. The van der Waals surface area contributed by atoms with Gasteiger partial charge in [0.25, 0.3) is 0 Å². The summed E-state index contributed by atoms with van der Waals surface area (Å²) in [4.78, 5) is 41.8. The number of methoxy groups -OCH3 is 3. The minimum absolute atomic E-state index is 0.0883. The molecule has 73 heavy (non-hydrogen) atoms. The molecule has 14 nitrogen and oxygen atoms in total. The summed E-state index contributed by atoms with van der Waals surface area (Å²) in [5.41, 5.74) is 3.37. The van der Waals surface area contributed by atoms with E-state index in [0.29, 0.717) is 57.1 Å². The fourth-order valence-corrected chi connectivity index (χ4v) is 10.4. The SMILES string of the molecule is C=C1C[C@@H]2C[C@@H]3CC(=C)C[C@H](/C=C/C(C)(C)[C@]4(OC)O[C@@H](C/C(=C\C(=O)OC)[C@@H]4OC(=O)CCCCCCC)C[C@H]([C@@H](C)OCOCc4ccccc4)OC(=O)C[C@H](OCc4ccc(OC)cc4)C[C@H](C1)O2)O3. The molecule has 2 aromatic carbocycles. The highest BCUT2D eigenvalue weighted by atomic mass is 16.7. The molecular formula is C59H82O14. The zero-order valence-corrected chi connectivity index (χ0v) is 44.5. The van der Waals surface area contributed by atoms with Gasteiger partial charge in [-0.05, 0) is 74.3 Å². The second-order valence-corrected chi connectivity index (χ2v) is 20.7. The Balaban J connectivity index is 1.38. The van der Waals surface area contributed by atoms with Gasteiger partial charge in [0.1, 0.15) is 18.6 Å². The number of hydrogen-bond donors (Lipinski definition) is 0. The van der Waals surface area contributed by atoms with Crippen LogP contribution in [-0.4, -0.2) is 107 Å². The maximum atomic E-state index is 14.6. The maximum absolute atomic E-state index is 14.6. The molecule has 4 aliphatic heterocycles. The lowest BCUT2D eigenvalue weighted by Gasteiger charge is -2.53. The van der Waals surface area contributed by atoms with Crippen molar-refractivity contribution in [1.82, 2.24) is 0 Å². The van der Waals surface area contributed by atoms with Gasteiger partial charge >= 0.3 is 17.9 Å². The number of esters is 3. The Labute approximate surface area is 434 Å². The van der Waals surface area contributed by atoms with Gasteiger partial charge in [-0.3, -0.25) is 9.59 Å². The second-order valence-electron chi connectivity index (χ2n) is 20.7. The van der Waals surface area contributed by atoms with Crippen molar-refractivity contribution in [3.05, 3.63) is 114 Å². The normalized spacial score (nSPS) is 29.4. The zero-order valence-electron chi connectivity index (χ0n) is 44.5. The fraction of sp³-hybridized carbons (Fsp3) is 0.610. The maximum Gasteiger partial charge on any atom is 0.330 e. The number of rotatable bonds is 19. The topological polar surface area (TPSA) is 153 Å². The van der Waals surface area contributed by atoms with Crippen molar-refractivity contribution in [1.29, 1.82) is 0 Å². The van der Waals surface area contributed by atoms with Gasteiger partial charge in [0, 0.05) is 44.3 Å². The smallest absolute Gasteiger partial charge is 0.330 e. The summed E-state index contributed by atoms with van der Waals surface area (Å²) in [6.45, 7) is 17.2. The first-order chi connectivity index (χ1) is 35.1. The van der Waals surface area contributed by atoms with E-state index in [1.165, 1.54) is 20.3 Å². The Kier molecular flexibility index (Phi) is 22.3. The average Bonchev–Trinajstić information content (AvgIpc) is 3.36. The standard InChI is InChI=1S/C59H82O14/c1-10-11-12-13-17-20-54(60)72-57-45(32-55(61)64-8)31-52-35-53(42(4)68-39-66-37-43-18-15-14-16-19-43)71-56(62)36-48(67-38-44-21-23-46(63-7)24-22-44)33-49-29-41(3)30-51(70-49)34-50-28-40(2)27-47(69-50)25-26-58(5,6)59(57,65-9)73-52/h14-16,18-19,21-26,32,42,47-53,57H,2-3,10-13,17,20,27-31,33-39H2,1,4-9H3/b26-25+,45-32+/t42-,47+,48-,49+,50+,51-,52+,53-,57+,59-/m1/s1. The van der Waals surface area contributed by atoms with Crippen LogP contribution in [0.5, 0.6) is 5.75 Å². The molecule has 10 atom stereocenters. The van der Waals surface area contributed by atoms with E-state index >= 15 is 0 Å². The molecule has 0 radical (unpaired) electrons. The van der Waals surface area contributed by atoms with Crippen LogP contribution in [0.25, 0.3) is 0 Å². The predicted octanol–water partition coefficient (Wildman–Crippen LogP) is 10.9. The first-order valence-corrected chi connectivity index (χ1v) is 26.3. The lowest BCUT2D eigenvalue weighted by Crippen LogP contribution is -2.63. The van der Waals surface area contributed by atoms with E-state index in [1.807, 2.05) is 87.5 Å². The molecule has 14 heteroatoms. The summed E-state index contributed by atoms with van der Waals surface area (Å²) >= 11 is 0. The third kappa shape index (κ3) is 17.2. The minimum Gasteiger partial charge on any atom is -0.497 e. The summed E-state index contributed by atoms with van der Waals surface area (Å²) in [5.74, 6) is -2.59. The zero-order chi connectivity index (χ0) is 52.4. The molecule has 4 aliphatic rings. The molecule has 6 rings (SSSR count). The van der Waals surface area contributed by atoms with Gasteiger partial charge in [0.15, 0.2) is 6.10 Å². The van der Waals surface area contributed by atoms with E-state index in [9.17, 15) is 14.4 Å². The third-order valence-corrected chi connectivity index (χ3v) is 14.4. The van der Waals surface area contributed by atoms with E-state index in [1.54, 1.807) is 7.11 Å². The van der Waals surface area contributed by atoms with Crippen molar-refractivity contribution in [2.75, 3.05) is 28.1 Å². The summed E-state index contributed by atoms with van der Waals surface area (Å²) in [6.07, 6.45) is 8.74. The highest BCUT2D eigenvalue weighted by Crippen LogP contribution is 2.49. The summed E-state index contributed by atoms with van der Waals surface area (Å²) < 4.78 is 69.7. The number of carbonyl (C=O) groups is 3. The van der Waals surface area contributed by atoms with Gasteiger partial charge in [0.05, 0.1) is 76.6 Å². The van der Waals surface area contributed by atoms with E-state index in [2.05, 4.69) is 20.1 Å². The summed E-state index contributed by atoms with van der Waals surface area (Å²) in [7, 11) is 4.43. The molecule has 3 saturated heterocycles. The van der Waals surface area contributed by atoms with Crippen LogP contribution in [0.4, 0.5) is 0 Å². The molecule has 4 heterocycles. The van der Waals surface area contributed by atoms with Gasteiger partial charge in [-0.25, -0.2) is 4.79 Å². The van der Waals surface area contributed by atoms with E-state index in [-0.39, 0.29) is 63.5 Å². The van der Waals surface area contributed by atoms with Crippen LogP contribution in [0.2, 0.25) is 0 Å². The Morgan fingerprint density at radius 2 is 1.48 bits per heavy atom. The van der Waals surface area contributed by atoms with Crippen molar-refractivity contribution in [2.24, 2.45) is 5.41 Å². The molecule has 0 N–H and O–H groups in total. The molecule has 0 unspecified atom stereocenters. The third-order valence-electron chi connectivity index (χ3n) is 14.4. The molecule has 0 spiro atoms. The van der Waals surface area contributed by atoms with E-state index in [0.717, 1.165) is 53.7 Å². The molecule has 402 valence electrons. The van der Waals surface area contributed by atoms with Gasteiger partial charge in [-0.15, -0.1) is 0 Å². The quantitative estimate of drug-likeness (QED) is 0.0327. The largest absolute Gasteiger partial charge is 0.497 e. The Bertz CT molecular complexity index is 2150. The van der Waals surface area contributed by atoms with Gasteiger partial charge in [0.2, 0.25) is 5.79 Å². The van der Waals surface area contributed by atoms with Crippen molar-refractivity contribution >= 4 is 17.9 Å². The molecule has 0 amide bonds. The van der Waals surface area contributed by atoms with Gasteiger partial charge in [-0.2, -0.15) is 0 Å². The Morgan fingerprint density at radius 3 is 2.18 bits per heavy atom. The lowest BCUT2D eigenvalue weighted by atomic mass is 9.73. The van der Waals surface area contributed by atoms with Crippen LogP contribution in [0.15, 0.2) is 103 Å². The van der Waals surface area contributed by atoms with Crippen LogP contribution >= 0.6 is 0 Å². The van der Waals surface area contributed by atoms with E-state index < -0.39 is 59.6 Å². The fourth-order valence-electron chi connectivity index (χ4n) is 10.4. The number of benzene rings is 2.